The molecule has 0 N–H and O–H groups in total. The topological polar surface area (TPSA) is 74.3 Å². The van der Waals surface area contributed by atoms with E-state index in [0.717, 1.165) is 11.1 Å². The average molecular weight is 451 g/mol. The zero-order valence-corrected chi connectivity index (χ0v) is 19.7. The first-order valence-electron chi connectivity index (χ1n) is 11.3. The number of esters is 1. The first-order valence-corrected chi connectivity index (χ1v) is 11.3. The fourth-order valence-electron chi connectivity index (χ4n) is 4.28. The first-order chi connectivity index (χ1) is 15.7. The maximum Gasteiger partial charge on any atom is 0.468 e. The lowest BCUT2D eigenvalue weighted by molar-refractivity contribution is -0.144. The maximum atomic E-state index is 13.3. The highest BCUT2D eigenvalue weighted by Crippen LogP contribution is 2.48. The third-order valence-electron chi connectivity index (χ3n) is 6.67. The van der Waals surface area contributed by atoms with Crippen LogP contribution in [-0.4, -0.2) is 43.0 Å². The van der Waals surface area contributed by atoms with Crippen molar-refractivity contribution in [2.24, 2.45) is 0 Å². The molecule has 0 spiro atoms. The molecule has 2 atom stereocenters. The Labute approximate surface area is 195 Å². The van der Waals surface area contributed by atoms with Crippen molar-refractivity contribution in [1.29, 1.82) is 0 Å². The van der Waals surface area contributed by atoms with Gasteiger partial charge in [-0.05, 0) is 51.8 Å². The summed E-state index contributed by atoms with van der Waals surface area (Å²) in [5.41, 5.74) is 1.05. The molecule has 0 aliphatic carbocycles. The van der Waals surface area contributed by atoms with Crippen LogP contribution in [0.2, 0.25) is 0 Å². The van der Waals surface area contributed by atoms with Crippen LogP contribution in [-0.2, 0) is 30.2 Å². The van der Waals surface area contributed by atoms with Gasteiger partial charge in [0.05, 0.1) is 29.3 Å². The van der Waals surface area contributed by atoms with Crippen LogP contribution in [0, 0.1) is 0 Å². The van der Waals surface area contributed by atoms with Gasteiger partial charge in [0.2, 0.25) is 0 Å². The second-order valence-corrected chi connectivity index (χ2v) is 9.32. The zero-order valence-electron chi connectivity index (χ0n) is 19.7. The number of anilines is 1. The van der Waals surface area contributed by atoms with E-state index in [2.05, 4.69) is 0 Å². The van der Waals surface area contributed by atoms with Crippen molar-refractivity contribution in [1.82, 2.24) is 0 Å². The average Bonchev–Trinajstić information content (AvgIpc) is 3.23. The quantitative estimate of drug-likeness (QED) is 0.493. The highest BCUT2D eigenvalue weighted by molar-refractivity contribution is 6.49. The molecule has 2 aliphatic rings. The fourth-order valence-corrected chi connectivity index (χ4v) is 4.28. The molecule has 1 fully saturated rings. The molecule has 1 unspecified atom stereocenters. The lowest BCUT2D eigenvalue weighted by Gasteiger charge is -2.32. The summed E-state index contributed by atoms with van der Waals surface area (Å²) in [6.45, 7) is 9.85. The number of fused-ring (bicyclic) bond motifs is 1. The molecule has 1 amide bonds. The van der Waals surface area contributed by atoms with Crippen molar-refractivity contribution >= 4 is 24.9 Å². The predicted molar refractivity (Wildman–Crippen MR) is 125 cm³/mol. The molecular formula is C25H30BNO6. The molecule has 174 valence electrons. The molecule has 8 heteroatoms. The summed E-state index contributed by atoms with van der Waals surface area (Å²) in [6.07, 6.45) is -0.622. The van der Waals surface area contributed by atoms with Gasteiger partial charge in [-0.2, -0.15) is 0 Å². The van der Waals surface area contributed by atoms with Crippen molar-refractivity contribution in [3.05, 3.63) is 65.7 Å². The van der Waals surface area contributed by atoms with Gasteiger partial charge in [-0.1, -0.05) is 48.5 Å². The van der Waals surface area contributed by atoms with Crippen LogP contribution in [0.1, 0.15) is 51.6 Å². The van der Waals surface area contributed by atoms with Gasteiger partial charge in [0.15, 0.2) is 0 Å². The molecule has 4 rings (SSSR count). The van der Waals surface area contributed by atoms with Crippen LogP contribution in [0.15, 0.2) is 54.6 Å². The zero-order chi connectivity index (χ0) is 23.8. The van der Waals surface area contributed by atoms with Crippen LogP contribution in [0.3, 0.4) is 0 Å². The number of ether oxygens (including phenoxy) is 2. The molecule has 0 aromatic heterocycles. The highest BCUT2D eigenvalue weighted by Gasteiger charge is 2.61. The van der Waals surface area contributed by atoms with E-state index in [1.165, 1.54) is 4.90 Å². The van der Waals surface area contributed by atoms with E-state index in [4.69, 9.17) is 18.8 Å². The summed E-state index contributed by atoms with van der Waals surface area (Å²) in [4.78, 5) is 27.9. The van der Waals surface area contributed by atoms with Gasteiger partial charge < -0.3 is 18.8 Å². The minimum absolute atomic E-state index is 0.0923. The van der Waals surface area contributed by atoms with Crippen molar-refractivity contribution in [3.63, 3.8) is 0 Å². The van der Waals surface area contributed by atoms with Gasteiger partial charge in [-0.15, -0.1) is 0 Å². The second-order valence-electron chi connectivity index (χ2n) is 9.32. The van der Waals surface area contributed by atoms with Gasteiger partial charge in [-0.3, -0.25) is 4.90 Å². The standard InChI is InChI=1S/C25H30BNO6/c1-6-30-22(28)21-20(26-32-24(2,3)25(4,5)33-26)18-14-10-11-15-19(18)27(21)23(29)31-16-17-12-8-7-9-13-17/h7-15,20-21H,6,16H2,1-5H3/t20-,21?/m0/s1. The molecule has 0 radical (unpaired) electrons. The third-order valence-corrected chi connectivity index (χ3v) is 6.67. The number of benzene rings is 2. The highest BCUT2D eigenvalue weighted by atomic mass is 16.7. The van der Waals surface area contributed by atoms with Crippen LogP contribution >= 0.6 is 0 Å². The number of carbonyl (C=O) groups is 2. The summed E-state index contributed by atoms with van der Waals surface area (Å²) < 4.78 is 23.6. The molecule has 2 aromatic carbocycles. The predicted octanol–water partition coefficient (Wildman–Crippen LogP) is 4.49. The van der Waals surface area contributed by atoms with Crippen molar-refractivity contribution in [2.75, 3.05) is 11.5 Å². The summed E-state index contributed by atoms with van der Waals surface area (Å²) in [6, 6.07) is 15.8. The molecule has 0 saturated carbocycles. The Kier molecular flexibility index (Phi) is 6.25. The van der Waals surface area contributed by atoms with E-state index >= 15 is 0 Å². The number of carbonyl (C=O) groups excluding carboxylic acids is 2. The van der Waals surface area contributed by atoms with E-state index in [1.807, 2.05) is 76.2 Å². The van der Waals surface area contributed by atoms with Crippen molar-refractivity contribution in [2.45, 2.75) is 64.3 Å². The Morgan fingerprint density at radius 2 is 1.55 bits per heavy atom. The molecule has 2 aliphatic heterocycles. The molecule has 2 heterocycles. The number of para-hydroxylation sites is 1. The Bertz CT molecular complexity index is 1010. The summed E-state index contributed by atoms with van der Waals surface area (Å²) >= 11 is 0. The molecule has 1 saturated heterocycles. The molecule has 2 aromatic rings. The minimum atomic E-state index is -0.972. The lowest BCUT2D eigenvalue weighted by Crippen LogP contribution is -2.49. The number of amides is 1. The summed E-state index contributed by atoms with van der Waals surface area (Å²) in [5.74, 6) is -1.09. The maximum absolute atomic E-state index is 13.3. The normalized spacial score (nSPS) is 22.7. The van der Waals surface area contributed by atoms with Gasteiger partial charge in [0, 0.05) is 0 Å². The number of hydrogen-bond acceptors (Lipinski definition) is 6. The summed E-state index contributed by atoms with van der Waals surface area (Å²) in [5, 5.41) is 0. The van der Waals surface area contributed by atoms with Gasteiger partial charge in [0.1, 0.15) is 12.6 Å². The van der Waals surface area contributed by atoms with E-state index < -0.39 is 42.2 Å². The smallest absolute Gasteiger partial charge is 0.464 e. The Balaban J connectivity index is 1.70. The van der Waals surface area contributed by atoms with E-state index in [-0.39, 0.29) is 13.2 Å². The first kappa shape index (κ1) is 23.3. The lowest BCUT2D eigenvalue weighted by atomic mass is 9.65. The SMILES string of the molecule is CCOC(=O)C1[C@@H](B2OC(C)(C)C(C)(C)O2)c2ccccc2N1C(=O)OCc1ccccc1. The van der Waals surface area contributed by atoms with Crippen molar-refractivity contribution < 1.29 is 28.4 Å². The number of nitrogens with zero attached hydrogens (tertiary/aromatic N) is 1. The number of rotatable bonds is 5. The van der Waals surface area contributed by atoms with Gasteiger partial charge >= 0.3 is 19.2 Å². The molecule has 33 heavy (non-hydrogen) atoms. The largest absolute Gasteiger partial charge is 0.468 e. The Hall–Kier alpha value is -2.84. The monoisotopic (exact) mass is 451 g/mol. The van der Waals surface area contributed by atoms with E-state index in [1.54, 1.807) is 13.0 Å². The van der Waals surface area contributed by atoms with E-state index in [0.29, 0.717) is 5.69 Å². The van der Waals surface area contributed by atoms with Crippen LogP contribution < -0.4 is 4.90 Å². The second kappa shape index (κ2) is 8.84. The summed E-state index contributed by atoms with van der Waals surface area (Å²) in [7, 11) is -0.738. The van der Waals surface area contributed by atoms with Crippen molar-refractivity contribution in [3.8, 4) is 0 Å². The molecule has 7 nitrogen and oxygen atoms in total. The van der Waals surface area contributed by atoms with E-state index in [9.17, 15) is 9.59 Å². The Morgan fingerprint density at radius 1 is 0.939 bits per heavy atom. The Morgan fingerprint density at radius 3 is 2.18 bits per heavy atom. The third kappa shape index (κ3) is 4.25. The molecule has 0 bridgehead atoms. The van der Waals surface area contributed by atoms with Crippen LogP contribution in [0.5, 0.6) is 0 Å². The van der Waals surface area contributed by atoms with Crippen LogP contribution in [0.4, 0.5) is 10.5 Å². The van der Waals surface area contributed by atoms with Gasteiger partial charge in [0.25, 0.3) is 0 Å². The van der Waals surface area contributed by atoms with Crippen LogP contribution in [0.25, 0.3) is 0 Å². The molecular weight excluding hydrogens is 421 g/mol. The van der Waals surface area contributed by atoms with Gasteiger partial charge in [-0.25, -0.2) is 9.59 Å². The number of hydrogen-bond donors (Lipinski definition) is 0. The fraction of sp³-hybridized carbons (Fsp3) is 0.440. The minimum Gasteiger partial charge on any atom is -0.464 e.